The Labute approximate surface area is 115 Å². The van der Waals surface area contributed by atoms with Crippen molar-refractivity contribution in [3.63, 3.8) is 0 Å². The zero-order valence-corrected chi connectivity index (χ0v) is 12.1. The van der Waals surface area contributed by atoms with Gasteiger partial charge in [0, 0.05) is 10.9 Å². The first kappa shape index (κ1) is 13.8. The van der Waals surface area contributed by atoms with E-state index in [1.807, 2.05) is 23.9 Å². The summed E-state index contributed by atoms with van der Waals surface area (Å²) in [4.78, 5) is 2.60. The van der Waals surface area contributed by atoms with Gasteiger partial charge in [0.15, 0.2) is 0 Å². The number of likely N-dealkylation sites (tertiary alicyclic amines) is 1. The number of rotatable bonds is 5. The summed E-state index contributed by atoms with van der Waals surface area (Å²) in [7, 11) is 0. The molecule has 2 N–H and O–H groups in total. The Balaban J connectivity index is 1.69. The van der Waals surface area contributed by atoms with Crippen molar-refractivity contribution in [1.82, 2.24) is 4.90 Å². The van der Waals surface area contributed by atoms with Crippen molar-refractivity contribution in [3.8, 4) is 0 Å². The lowest BCUT2D eigenvalue weighted by molar-refractivity contribution is 0.230. The molecule has 1 saturated heterocycles. The summed E-state index contributed by atoms with van der Waals surface area (Å²) in [5.74, 6) is 0. The molecule has 0 spiro atoms. The van der Waals surface area contributed by atoms with Crippen LogP contribution >= 0.6 is 11.8 Å². The van der Waals surface area contributed by atoms with Gasteiger partial charge in [0.2, 0.25) is 0 Å². The molecule has 3 heteroatoms. The molecule has 2 nitrogen and oxygen atoms in total. The van der Waals surface area contributed by atoms with Crippen LogP contribution in [-0.4, -0.2) is 36.0 Å². The first-order chi connectivity index (χ1) is 8.79. The average molecular weight is 264 g/mol. The fourth-order valence-electron chi connectivity index (χ4n) is 2.62. The molecule has 1 aromatic rings. The summed E-state index contributed by atoms with van der Waals surface area (Å²) >= 11 is 2.03. The molecular formula is C15H24N2S. The zero-order valence-electron chi connectivity index (χ0n) is 11.3. The first-order valence-electron chi connectivity index (χ1n) is 6.88. The quantitative estimate of drug-likeness (QED) is 0.829. The van der Waals surface area contributed by atoms with Crippen molar-refractivity contribution < 1.29 is 0 Å². The fraction of sp³-hybridized carbons (Fsp3) is 0.600. The highest BCUT2D eigenvalue weighted by molar-refractivity contribution is 7.99. The van der Waals surface area contributed by atoms with Crippen LogP contribution in [0.5, 0.6) is 0 Å². The number of nitrogens with zero attached hydrogens (tertiary/aromatic N) is 1. The van der Waals surface area contributed by atoms with E-state index in [1.54, 1.807) is 0 Å². The maximum atomic E-state index is 5.96. The summed E-state index contributed by atoms with van der Waals surface area (Å²) in [6.45, 7) is 3.76. The van der Waals surface area contributed by atoms with Crippen LogP contribution in [0, 0.1) is 0 Å². The van der Waals surface area contributed by atoms with Gasteiger partial charge >= 0.3 is 0 Å². The highest BCUT2D eigenvalue weighted by atomic mass is 32.2. The second-order valence-electron chi connectivity index (χ2n) is 5.08. The number of para-hydroxylation sites is 1. The Morgan fingerprint density at radius 1 is 1.28 bits per heavy atom. The molecule has 0 amide bonds. The SMILES string of the molecule is CSC1CCN(CCCc2ccccc2N)CC1. The normalized spacial score (nSPS) is 18.1. The molecule has 0 aliphatic carbocycles. The molecule has 1 heterocycles. The average Bonchev–Trinajstić information content (AvgIpc) is 2.42. The third-order valence-corrected chi connectivity index (χ3v) is 4.98. The van der Waals surface area contributed by atoms with Gasteiger partial charge in [-0.1, -0.05) is 18.2 Å². The van der Waals surface area contributed by atoms with Crippen LogP contribution in [0.15, 0.2) is 24.3 Å². The number of piperidine rings is 1. The molecule has 18 heavy (non-hydrogen) atoms. The van der Waals surface area contributed by atoms with E-state index in [4.69, 9.17) is 5.73 Å². The van der Waals surface area contributed by atoms with Gasteiger partial charge in [-0.25, -0.2) is 0 Å². The van der Waals surface area contributed by atoms with Gasteiger partial charge in [-0.15, -0.1) is 0 Å². The molecule has 1 aliphatic heterocycles. The molecule has 100 valence electrons. The van der Waals surface area contributed by atoms with Gasteiger partial charge < -0.3 is 10.6 Å². The van der Waals surface area contributed by atoms with E-state index >= 15 is 0 Å². The summed E-state index contributed by atoms with van der Waals surface area (Å²) in [6.07, 6.45) is 7.27. The summed E-state index contributed by atoms with van der Waals surface area (Å²) in [5.41, 5.74) is 8.21. The second kappa shape index (κ2) is 7.05. The van der Waals surface area contributed by atoms with Crippen LogP contribution in [-0.2, 0) is 6.42 Å². The summed E-state index contributed by atoms with van der Waals surface area (Å²) < 4.78 is 0. The van der Waals surface area contributed by atoms with E-state index in [0.717, 1.165) is 17.4 Å². The molecule has 1 fully saturated rings. The molecule has 0 bridgehead atoms. The van der Waals surface area contributed by atoms with Crippen LogP contribution in [0.25, 0.3) is 0 Å². The lowest BCUT2D eigenvalue weighted by Crippen LogP contribution is -2.35. The van der Waals surface area contributed by atoms with Crippen molar-refractivity contribution in [1.29, 1.82) is 0 Å². The van der Waals surface area contributed by atoms with Crippen LogP contribution in [0.3, 0.4) is 0 Å². The lowest BCUT2D eigenvalue weighted by atomic mass is 10.1. The van der Waals surface area contributed by atoms with Crippen LogP contribution in [0.4, 0.5) is 5.69 Å². The number of thioether (sulfide) groups is 1. The van der Waals surface area contributed by atoms with Crippen molar-refractivity contribution in [2.24, 2.45) is 0 Å². The predicted molar refractivity (Wildman–Crippen MR) is 82.2 cm³/mol. The Bertz CT molecular complexity index is 359. The first-order valence-corrected chi connectivity index (χ1v) is 8.17. The largest absolute Gasteiger partial charge is 0.399 e. The molecule has 0 saturated carbocycles. The van der Waals surface area contributed by atoms with E-state index in [9.17, 15) is 0 Å². The summed E-state index contributed by atoms with van der Waals surface area (Å²) in [5, 5.41) is 0.894. The minimum atomic E-state index is 0.894. The van der Waals surface area contributed by atoms with E-state index < -0.39 is 0 Å². The van der Waals surface area contributed by atoms with Crippen LogP contribution in [0.1, 0.15) is 24.8 Å². The highest BCUT2D eigenvalue weighted by Crippen LogP contribution is 2.21. The van der Waals surface area contributed by atoms with Gasteiger partial charge in [0.05, 0.1) is 0 Å². The van der Waals surface area contributed by atoms with Gasteiger partial charge in [-0.05, 0) is 63.2 Å². The minimum Gasteiger partial charge on any atom is -0.399 e. The molecule has 2 rings (SSSR count). The number of hydrogen-bond donors (Lipinski definition) is 1. The van der Waals surface area contributed by atoms with E-state index in [1.165, 1.54) is 44.5 Å². The van der Waals surface area contributed by atoms with Crippen LogP contribution in [0.2, 0.25) is 0 Å². The maximum absolute atomic E-state index is 5.96. The van der Waals surface area contributed by atoms with E-state index in [2.05, 4.69) is 23.3 Å². The van der Waals surface area contributed by atoms with E-state index in [-0.39, 0.29) is 0 Å². The number of aryl methyl sites for hydroxylation is 1. The standard InChI is InChI=1S/C15H24N2S/c1-18-14-8-11-17(12-9-14)10-4-6-13-5-2-3-7-15(13)16/h2-3,5,7,14H,4,6,8-12,16H2,1H3. The van der Waals surface area contributed by atoms with Crippen molar-refractivity contribution >= 4 is 17.4 Å². The Morgan fingerprint density at radius 3 is 2.67 bits per heavy atom. The number of benzene rings is 1. The molecule has 0 atom stereocenters. The lowest BCUT2D eigenvalue weighted by Gasteiger charge is -2.31. The molecular weight excluding hydrogens is 240 g/mol. The van der Waals surface area contributed by atoms with Crippen LogP contribution < -0.4 is 5.73 Å². The number of anilines is 1. The maximum Gasteiger partial charge on any atom is 0.0346 e. The minimum absolute atomic E-state index is 0.894. The van der Waals surface area contributed by atoms with Gasteiger partial charge in [-0.3, -0.25) is 0 Å². The molecule has 0 unspecified atom stereocenters. The van der Waals surface area contributed by atoms with E-state index in [0.29, 0.717) is 0 Å². The van der Waals surface area contributed by atoms with Gasteiger partial charge in [0.25, 0.3) is 0 Å². The Hall–Kier alpha value is -0.670. The third kappa shape index (κ3) is 3.92. The number of hydrogen-bond acceptors (Lipinski definition) is 3. The third-order valence-electron chi connectivity index (χ3n) is 3.84. The summed E-state index contributed by atoms with van der Waals surface area (Å²) in [6, 6.07) is 8.23. The van der Waals surface area contributed by atoms with Gasteiger partial charge in [-0.2, -0.15) is 11.8 Å². The highest BCUT2D eigenvalue weighted by Gasteiger charge is 2.17. The van der Waals surface area contributed by atoms with Gasteiger partial charge in [0.1, 0.15) is 0 Å². The second-order valence-corrected chi connectivity index (χ2v) is 6.22. The number of nitrogen functional groups attached to an aromatic ring is 1. The molecule has 0 radical (unpaired) electrons. The van der Waals surface area contributed by atoms with Crippen molar-refractivity contribution in [3.05, 3.63) is 29.8 Å². The number of nitrogens with two attached hydrogens (primary N) is 1. The zero-order chi connectivity index (χ0) is 12.8. The molecule has 0 aromatic heterocycles. The molecule has 1 aliphatic rings. The predicted octanol–water partition coefficient (Wildman–Crippen LogP) is 3.03. The topological polar surface area (TPSA) is 29.3 Å². The Morgan fingerprint density at radius 2 is 2.00 bits per heavy atom. The smallest absolute Gasteiger partial charge is 0.0346 e. The molecule has 1 aromatic carbocycles. The van der Waals surface area contributed by atoms with Crippen molar-refractivity contribution in [2.45, 2.75) is 30.9 Å². The monoisotopic (exact) mass is 264 g/mol. The van der Waals surface area contributed by atoms with Crippen molar-refractivity contribution in [2.75, 3.05) is 31.6 Å². The fourth-order valence-corrected chi connectivity index (χ4v) is 3.31. The Kier molecular flexibility index (Phi) is 5.39.